The molecular weight excluding hydrogens is 388 g/mol. The molecule has 0 unspecified atom stereocenters. The number of aryl methyl sites for hydroxylation is 1. The maximum atomic E-state index is 12.5. The van der Waals surface area contributed by atoms with Crippen molar-refractivity contribution in [2.24, 2.45) is 0 Å². The fourth-order valence-corrected chi connectivity index (χ4v) is 3.69. The summed E-state index contributed by atoms with van der Waals surface area (Å²) in [5, 5.41) is 3.51. The largest absolute Gasteiger partial charge is 0.496 e. The molecule has 1 heterocycles. The predicted octanol–water partition coefficient (Wildman–Crippen LogP) is 3.99. The van der Waals surface area contributed by atoms with Crippen LogP contribution in [0.2, 0.25) is 0 Å². The molecule has 0 radical (unpaired) electrons. The minimum Gasteiger partial charge on any atom is -0.496 e. The van der Waals surface area contributed by atoms with Crippen LogP contribution in [0.1, 0.15) is 27.9 Å². The summed E-state index contributed by atoms with van der Waals surface area (Å²) in [5.41, 5.74) is 2.36. The second-order valence-electron chi connectivity index (χ2n) is 6.38. The van der Waals surface area contributed by atoms with Gasteiger partial charge >= 0.3 is 5.97 Å². The molecule has 1 N–H and O–H groups in total. The van der Waals surface area contributed by atoms with Crippen molar-refractivity contribution in [3.8, 4) is 16.3 Å². The SMILES string of the molecule is COc1ccccc1CNC(=O)[C@@H](C)OC(=O)c1sc(-c2ccccc2)nc1C. The van der Waals surface area contributed by atoms with Crippen molar-refractivity contribution in [1.82, 2.24) is 10.3 Å². The minimum atomic E-state index is -0.932. The number of thiazole rings is 1. The first-order chi connectivity index (χ1) is 14.0. The van der Waals surface area contributed by atoms with Gasteiger partial charge in [0.25, 0.3) is 5.91 Å². The van der Waals surface area contributed by atoms with Gasteiger partial charge in [0.05, 0.1) is 12.8 Å². The van der Waals surface area contributed by atoms with Gasteiger partial charge in [0.15, 0.2) is 6.10 Å². The Morgan fingerprint density at radius 1 is 1.10 bits per heavy atom. The molecule has 0 aliphatic heterocycles. The summed E-state index contributed by atoms with van der Waals surface area (Å²) in [5.74, 6) is -0.247. The number of esters is 1. The molecule has 3 aromatic rings. The van der Waals surface area contributed by atoms with Crippen molar-refractivity contribution in [2.45, 2.75) is 26.5 Å². The number of benzene rings is 2. The topological polar surface area (TPSA) is 77.5 Å². The summed E-state index contributed by atoms with van der Waals surface area (Å²) in [4.78, 5) is 29.7. The predicted molar refractivity (Wildman–Crippen MR) is 112 cm³/mol. The van der Waals surface area contributed by atoms with E-state index < -0.39 is 12.1 Å². The summed E-state index contributed by atoms with van der Waals surface area (Å²) in [7, 11) is 1.58. The number of nitrogens with one attached hydrogen (secondary N) is 1. The van der Waals surface area contributed by atoms with Crippen LogP contribution in [0.5, 0.6) is 5.75 Å². The molecule has 6 nitrogen and oxygen atoms in total. The van der Waals surface area contributed by atoms with E-state index in [1.165, 1.54) is 11.3 Å². The van der Waals surface area contributed by atoms with Crippen molar-refractivity contribution >= 4 is 23.2 Å². The van der Waals surface area contributed by atoms with E-state index in [4.69, 9.17) is 9.47 Å². The molecule has 0 saturated carbocycles. The van der Waals surface area contributed by atoms with E-state index in [-0.39, 0.29) is 12.5 Å². The number of carbonyl (C=O) groups is 2. The van der Waals surface area contributed by atoms with Crippen molar-refractivity contribution in [3.63, 3.8) is 0 Å². The van der Waals surface area contributed by atoms with Gasteiger partial charge in [-0.05, 0) is 19.9 Å². The van der Waals surface area contributed by atoms with Crippen LogP contribution in [0.25, 0.3) is 10.6 Å². The van der Waals surface area contributed by atoms with E-state index >= 15 is 0 Å². The molecule has 7 heteroatoms. The standard InChI is InChI=1S/C22H22N2O4S/c1-14-19(29-21(24-14)16-9-5-4-6-10-16)22(26)28-15(2)20(25)23-13-17-11-7-8-12-18(17)27-3/h4-12,15H,13H2,1-3H3,(H,23,25)/t15-/m1/s1. The Morgan fingerprint density at radius 2 is 1.79 bits per heavy atom. The molecule has 0 fully saturated rings. The van der Waals surface area contributed by atoms with Gasteiger partial charge < -0.3 is 14.8 Å². The Hall–Kier alpha value is -3.19. The molecule has 0 aliphatic rings. The average molecular weight is 410 g/mol. The molecular formula is C22H22N2O4S. The third kappa shape index (κ3) is 5.00. The highest BCUT2D eigenvalue weighted by Gasteiger charge is 2.23. The Bertz CT molecular complexity index is 1000. The van der Waals surface area contributed by atoms with E-state index in [1.807, 2.05) is 54.6 Å². The highest BCUT2D eigenvalue weighted by atomic mass is 32.1. The van der Waals surface area contributed by atoms with Gasteiger partial charge in [-0.3, -0.25) is 4.79 Å². The molecule has 0 spiro atoms. The van der Waals surface area contributed by atoms with E-state index in [9.17, 15) is 9.59 Å². The number of rotatable bonds is 7. The number of nitrogens with zero attached hydrogens (tertiary/aromatic N) is 1. The minimum absolute atomic E-state index is 0.280. The highest BCUT2D eigenvalue weighted by molar-refractivity contribution is 7.17. The molecule has 29 heavy (non-hydrogen) atoms. The van der Waals surface area contributed by atoms with Gasteiger partial charge in [-0.15, -0.1) is 11.3 Å². The average Bonchev–Trinajstić information content (AvgIpc) is 3.14. The van der Waals surface area contributed by atoms with Crippen LogP contribution >= 0.6 is 11.3 Å². The lowest BCUT2D eigenvalue weighted by Crippen LogP contribution is -2.35. The molecule has 2 aromatic carbocycles. The lowest BCUT2D eigenvalue weighted by molar-refractivity contribution is -0.129. The van der Waals surface area contributed by atoms with Crippen LogP contribution in [0.4, 0.5) is 0 Å². The van der Waals surface area contributed by atoms with E-state index in [2.05, 4.69) is 10.3 Å². The van der Waals surface area contributed by atoms with Gasteiger partial charge in [-0.2, -0.15) is 0 Å². The fourth-order valence-electron chi connectivity index (χ4n) is 2.73. The Labute approximate surface area is 173 Å². The number of methoxy groups -OCH3 is 1. The van der Waals surface area contributed by atoms with Crippen LogP contribution < -0.4 is 10.1 Å². The van der Waals surface area contributed by atoms with Crippen LogP contribution in [-0.2, 0) is 16.1 Å². The first-order valence-corrected chi connectivity index (χ1v) is 9.94. The molecule has 150 valence electrons. The number of hydrogen-bond acceptors (Lipinski definition) is 6. The Balaban J connectivity index is 1.61. The summed E-state index contributed by atoms with van der Waals surface area (Å²) in [6.07, 6.45) is -0.932. The number of aromatic nitrogens is 1. The van der Waals surface area contributed by atoms with E-state index in [0.717, 1.165) is 16.1 Å². The molecule has 0 saturated heterocycles. The molecule has 3 rings (SSSR count). The lowest BCUT2D eigenvalue weighted by atomic mass is 10.2. The fraction of sp³-hybridized carbons (Fsp3) is 0.227. The normalized spacial score (nSPS) is 11.6. The zero-order valence-electron chi connectivity index (χ0n) is 16.5. The quantitative estimate of drug-likeness (QED) is 0.596. The third-order valence-corrected chi connectivity index (χ3v) is 5.49. The molecule has 1 atom stereocenters. The molecule has 0 aliphatic carbocycles. The second kappa shape index (κ2) is 9.34. The number of para-hydroxylation sites is 1. The zero-order chi connectivity index (χ0) is 20.8. The summed E-state index contributed by atoms with van der Waals surface area (Å²) < 4.78 is 10.6. The van der Waals surface area contributed by atoms with Crippen molar-refractivity contribution in [1.29, 1.82) is 0 Å². The number of hydrogen-bond donors (Lipinski definition) is 1. The summed E-state index contributed by atoms with van der Waals surface area (Å²) in [6, 6.07) is 17.0. The molecule has 1 aromatic heterocycles. The van der Waals surface area contributed by atoms with Crippen molar-refractivity contribution in [2.75, 3.05) is 7.11 Å². The van der Waals surface area contributed by atoms with Crippen LogP contribution in [-0.4, -0.2) is 30.1 Å². The monoisotopic (exact) mass is 410 g/mol. The van der Waals surface area contributed by atoms with Gasteiger partial charge in [-0.25, -0.2) is 9.78 Å². The van der Waals surface area contributed by atoms with Crippen LogP contribution in [0, 0.1) is 6.92 Å². The van der Waals surface area contributed by atoms with E-state index in [0.29, 0.717) is 16.3 Å². The highest BCUT2D eigenvalue weighted by Crippen LogP contribution is 2.28. The number of carbonyl (C=O) groups excluding carboxylic acids is 2. The number of amides is 1. The summed E-state index contributed by atoms with van der Waals surface area (Å²) in [6.45, 7) is 3.58. The molecule has 0 bridgehead atoms. The maximum Gasteiger partial charge on any atom is 0.351 e. The van der Waals surface area contributed by atoms with Crippen molar-refractivity contribution in [3.05, 3.63) is 70.7 Å². The molecule has 1 amide bonds. The van der Waals surface area contributed by atoms with Gasteiger partial charge in [0.2, 0.25) is 0 Å². The Morgan fingerprint density at radius 3 is 2.52 bits per heavy atom. The lowest BCUT2D eigenvalue weighted by Gasteiger charge is -2.14. The van der Waals surface area contributed by atoms with Gasteiger partial charge in [-0.1, -0.05) is 48.5 Å². The second-order valence-corrected chi connectivity index (χ2v) is 7.38. The zero-order valence-corrected chi connectivity index (χ0v) is 17.3. The van der Waals surface area contributed by atoms with Crippen molar-refractivity contribution < 1.29 is 19.1 Å². The van der Waals surface area contributed by atoms with Crippen LogP contribution in [0.15, 0.2) is 54.6 Å². The summed E-state index contributed by atoms with van der Waals surface area (Å²) >= 11 is 1.26. The van der Waals surface area contributed by atoms with Crippen LogP contribution in [0.3, 0.4) is 0 Å². The smallest absolute Gasteiger partial charge is 0.351 e. The first-order valence-electron chi connectivity index (χ1n) is 9.13. The third-order valence-electron chi connectivity index (χ3n) is 4.30. The maximum absolute atomic E-state index is 12.5. The first kappa shape index (κ1) is 20.5. The van der Waals surface area contributed by atoms with E-state index in [1.54, 1.807) is 21.0 Å². The Kier molecular flexibility index (Phi) is 6.61. The number of ether oxygens (including phenoxy) is 2. The van der Waals surface area contributed by atoms with Gasteiger partial charge in [0, 0.05) is 17.7 Å². The van der Waals surface area contributed by atoms with Gasteiger partial charge in [0.1, 0.15) is 15.6 Å².